The monoisotopic (exact) mass is 232 g/mol. The van der Waals surface area contributed by atoms with E-state index in [4.69, 9.17) is 0 Å². The molecule has 0 aromatic heterocycles. The van der Waals surface area contributed by atoms with Crippen molar-refractivity contribution in [3.05, 3.63) is 0 Å². The van der Waals surface area contributed by atoms with Gasteiger partial charge in [0.1, 0.15) is 0 Å². The molecule has 0 radical (unpaired) electrons. The first-order chi connectivity index (χ1) is 6.53. The SMILES string of the molecule is CSC1CC(C(C)C)CCC1(C)SC. The molecule has 3 unspecified atom stereocenters. The maximum Gasteiger partial charge on any atom is 0.0247 e. The number of hydrogen-bond acceptors (Lipinski definition) is 2. The van der Waals surface area contributed by atoms with Crippen LogP contribution in [0.5, 0.6) is 0 Å². The second-order valence-corrected chi connectivity index (χ2v) is 7.40. The largest absolute Gasteiger partial charge is 0.161 e. The van der Waals surface area contributed by atoms with E-state index in [2.05, 4.69) is 56.8 Å². The Morgan fingerprint density at radius 3 is 2.36 bits per heavy atom. The molecule has 1 saturated carbocycles. The van der Waals surface area contributed by atoms with E-state index in [-0.39, 0.29) is 0 Å². The molecule has 1 fully saturated rings. The summed E-state index contributed by atoms with van der Waals surface area (Å²) < 4.78 is 0.533. The molecule has 14 heavy (non-hydrogen) atoms. The van der Waals surface area contributed by atoms with Crippen LogP contribution in [-0.2, 0) is 0 Å². The highest BCUT2D eigenvalue weighted by atomic mass is 32.2. The fraction of sp³-hybridized carbons (Fsp3) is 1.00. The summed E-state index contributed by atoms with van der Waals surface area (Å²) in [6.45, 7) is 7.21. The normalized spacial score (nSPS) is 39.0. The van der Waals surface area contributed by atoms with Gasteiger partial charge in [0.15, 0.2) is 0 Å². The van der Waals surface area contributed by atoms with Gasteiger partial charge in [-0.05, 0) is 50.5 Å². The van der Waals surface area contributed by atoms with Crippen LogP contribution >= 0.6 is 23.5 Å². The topological polar surface area (TPSA) is 0 Å². The molecule has 0 N–H and O–H groups in total. The van der Waals surface area contributed by atoms with Crippen LogP contribution in [0.2, 0.25) is 0 Å². The smallest absolute Gasteiger partial charge is 0.0247 e. The Kier molecular flexibility index (Phi) is 4.70. The van der Waals surface area contributed by atoms with E-state index < -0.39 is 0 Å². The average Bonchev–Trinajstić information content (AvgIpc) is 2.18. The molecule has 0 nitrogen and oxygen atoms in total. The highest BCUT2D eigenvalue weighted by Crippen LogP contribution is 2.47. The van der Waals surface area contributed by atoms with Gasteiger partial charge in [0.25, 0.3) is 0 Å². The Morgan fingerprint density at radius 2 is 1.93 bits per heavy atom. The first-order valence-electron chi connectivity index (χ1n) is 5.61. The lowest BCUT2D eigenvalue weighted by atomic mass is 9.77. The fourth-order valence-corrected chi connectivity index (χ4v) is 4.77. The van der Waals surface area contributed by atoms with Crippen LogP contribution in [0.4, 0.5) is 0 Å². The van der Waals surface area contributed by atoms with Gasteiger partial charge in [0.05, 0.1) is 0 Å². The minimum Gasteiger partial charge on any atom is -0.161 e. The summed E-state index contributed by atoms with van der Waals surface area (Å²) in [5, 5.41) is 0.860. The van der Waals surface area contributed by atoms with E-state index in [9.17, 15) is 0 Å². The van der Waals surface area contributed by atoms with Gasteiger partial charge < -0.3 is 0 Å². The van der Waals surface area contributed by atoms with E-state index in [1.165, 1.54) is 19.3 Å². The van der Waals surface area contributed by atoms with Gasteiger partial charge in [-0.15, -0.1) is 0 Å². The third kappa shape index (κ3) is 2.63. The van der Waals surface area contributed by atoms with Crippen molar-refractivity contribution >= 4 is 23.5 Å². The Bertz CT molecular complexity index is 179. The third-order valence-corrected chi connectivity index (χ3v) is 6.76. The Balaban J connectivity index is 2.64. The summed E-state index contributed by atoms with van der Waals surface area (Å²) in [5.74, 6) is 1.84. The molecule has 0 aromatic carbocycles. The summed E-state index contributed by atoms with van der Waals surface area (Å²) in [7, 11) is 0. The first-order valence-corrected chi connectivity index (χ1v) is 8.12. The lowest BCUT2D eigenvalue weighted by Crippen LogP contribution is -2.40. The number of hydrogen-bond donors (Lipinski definition) is 0. The zero-order valence-electron chi connectivity index (χ0n) is 10.2. The van der Waals surface area contributed by atoms with Gasteiger partial charge in [-0.3, -0.25) is 0 Å². The van der Waals surface area contributed by atoms with Gasteiger partial charge >= 0.3 is 0 Å². The second kappa shape index (κ2) is 5.16. The van der Waals surface area contributed by atoms with Crippen molar-refractivity contribution in [3.63, 3.8) is 0 Å². The van der Waals surface area contributed by atoms with Crippen LogP contribution in [0.3, 0.4) is 0 Å². The zero-order chi connectivity index (χ0) is 10.8. The second-order valence-electron chi connectivity index (χ2n) is 5.02. The molecule has 0 saturated heterocycles. The predicted molar refractivity (Wildman–Crippen MR) is 71.4 cm³/mol. The molecule has 0 aromatic rings. The maximum atomic E-state index is 2.45. The van der Waals surface area contributed by atoms with Crippen molar-refractivity contribution in [3.8, 4) is 0 Å². The van der Waals surface area contributed by atoms with Crippen LogP contribution < -0.4 is 0 Å². The van der Waals surface area contributed by atoms with Gasteiger partial charge in [-0.2, -0.15) is 23.5 Å². The summed E-state index contributed by atoms with van der Waals surface area (Å²) in [4.78, 5) is 0. The summed E-state index contributed by atoms with van der Waals surface area (Å²) >= 11 is 4.15. The van der Waals surface area contributed by atoms with Crippen LogP contribution in [0.15, 0.2) is 0 Å². The van der Waals surface area contributed by atoms with Crippen LogP contribution in [-0.4, -0.2) is 22.5 Å². The van der Waals surface area contributed by atoms with Crippen molar-refractivity contribution in [1.82, 2.24) is 0 Å². The Labute approximate surface area is 98.0 Å². The van der Waals surface area contributed by atoms with Crippen LogP contribution in [0, 0.1) is 11.8 Å². The molecule has 0 heterocycles. The van der Waals surface area contributed by atoms with E-state index in [1.807, 2.05) is 0 Å². The molecule has 0 spiro atoms. The molecule has 1 aliphatic rings. The van der Waals surface area contributed by atoms with E-state index in [0.29, 0.717) is 4.75 Å². The van der Waals surface area contributed by atoms with Crippen LogP contribution in [0.1, 0.15) is 40.0 Å². The van der Waals surface area contributed by atoms with E-state index in [1.54, 1.807) is 0 Å². The van der Waals surface area contributed by atoms with E-state index >= 15 is 0 Å². The number of rotatable bonds is 3. The predicted octanol–water partition coefficient (Wildman–Crippen LogP) is 4.30. The molecule has 0 amide bonds. The zero-order valence-corrected chi connectivity index (χ0v) is 11.8. The third-order valence-electron chi connectivity index (χ3n) is 3.90. The average molecular weight is 232 g/mol. The molecule has 2 heteroatoms. The van der Waals surface area contributed by atoms with Gasteiger partial charge in [-0.1, -0.05) is 13.8 Å². The Hall–Kier alpha value is 0.700. The molecule has 3 atom stereocenters. The maximum absolute atomic E-state index is 2.45. The lowest BCUT2D eigenvalue weighted by molar-refractivity contribution is 0.258. The summed E-state index contributed by atoms with van der Waals surface area (Å²) in [5.41, 5.74) is 0. The van der Waals surface area contributed by atoms with Crippen molar-refractivity contribution in [2.24, 2.45) is 11.8 Å². The minimum absolute atomic E-state index is 0.533. The first kappa shape index (κ1) is 12.8. The van der Waals surface area contributed by atoms with Crippen molar-refractivity contribution in [2.45, 2.75) is 50.0 Å². The molecule has 1 aliphatic carbocycles. The van der Waals surface area contributed by atoms with Crippen molar-refractivity contribution in [1.29, 1.82) is 0 Å². The van der Waals surface area contributed by atoms with Gasteiger partial charge in [0.2, 0.25) is 0 Å². The molecule has 84 valence electrons. The van der Waals surface area contributed by atoms with Gasteiger partial charge in [-0.25, -0.2) is 0 Å². The highest BCUT2D eigenvalue weighted by molar-refractivity contribution is 8.03. The number of thioether (sulfide) groups is 2. The van der Waals surface area contributed by atoms with Gasteiger partial charge in [0, 0.05) is 10.00 Å². The standard InChI is InChI=1S/C12H24S2/c1-9(2)10-6-7-12(3,14-5)11(8-10)13-4/h9-11H,6-8H2,1-5H3. The summed E-state index contributed by atoms with van der Waals surface area (Å²) in [6, 6.07) is 0. The Morgan fingerprint density at radius 1 is 1.29 bits per heavy atom. The van der Waals surface area contributed by atoms with Crippen molar-refractivity contribution in [2.75, 3.05) is 12.5 Å². The molecule has 0 aliphatic heterocycles. The van der Waals surface area contributed by atoms with Crippen molar-refractivity contribution < 1.29 is 0 Å². The molecule has 1 rings (SSSR count). The molecule has 0 bridgehead atoms. The highest BCUT2D eigenvalue weighted by Gasteiger charge is 2.39. The van der Waals surface area contributed by atoms with E-state index in [0.717, 1.165) is 17.1 Å². The lowest BCUT2D eigenvalue weighted by Gasteiger charge is -2.43. The van der Waals surface area contributed by atoms with Crippen LogP contribution in [0.25, 0.3) is 0 Å². The molecular formula is C12H24S2. The minimum atomic E-state index is 0.533. The summed E-state index contributed by atoms with van der Waals surface area (Å²) in [6.07, 6.45) is 8.82. The quantitative estimate of drug-likeness (QED) is 0.712. The fourth-order valence-electron chi connectivity index (χ4n) is 2.46. The molecular weight excluding hydrogens is 208 g/mol.